The van der Waals surface area contributed by atoms with E-state index in [2.05, 4.69) is 10.6 Å². The largest absolute Gasteiger partial charge is 0.326 e. The summed E-state index contributed by atoms with van der Waals surface area (Å²) in [5.74, 6) is -1.17. The lowest BCUT2D eigenvalue weighted by Gasteiger charge is -2.11. The van der Waals surface area contributed by atoms with Gasteiger partial charge < -0.3 is 10.6 Å². The van der Waals surface area contributed by atoms with Gasteiger partial charge in [0, 0.05) is 12.6 Å². The molecule has 1 saturated heterocycles. The van der Waals surface area contributed by atoms with E-state index in [0.717, 1.165) is 0 Å². The molecule has 2 rings (SSSR count). The van der Waals surface area contributed by atoms with Crippen molar-refractivity contribution >= 4 is 44.6 Å². The van der Waals surface area contributed by atoms with Crippen LogP contribution in [0.25, 0.3) is 0 Å². The number of sulfone groups is 1. The minimum Gasteiger partial charge on any atom is -0.326 e. The van der Waals surface area contributed by atoms with Gasteiger partial charge in [0.05, 0.1) is 28.1 Å². The van der Waals surface area contributed by atoms with E-state index in [1.807, 2.05) is 0 Å². The lowest BCUT2D eigenvalue weighted by molar-refractivity contribution is -0.119. The summed E-state index contributed by atoms with van der Waals surface area (Å²) in [4.78, 5) is 23.0. The Morgan fingerprint density at radius 1 is 1.29 bits per heavy atom. The summed E-state index contributed by atoms with van der Waals surface area (Å²) in [6.45, 7) is 1.37. The van der Waals surface area contributed by atoms with Crippen LogP contribution in [-0.4, -0.2) is 31.7 Å². The molecule has 2 N–H and O–H groups in total. The summed E-state index contributed by atoms with van der Waals surface area (Å²) < 4.78 is 22.7. The number of benzene rings is 1. The van der Waals surface area contributed by atoms with Crippen LogP contribution in [0.3, 0.4) is 0 Å². The second-order valence-electron chi connectivity index (χ2n) is 4.97. The molecule has 114 valence electrons. The fourth-order valence-corrected chi connectivity index (χ4v) is 4.10. The van der Waals surface area contributed by atoms with Gasteiger partial charge in [-0.2, -0.15) is 0 Å². The number of rotatable bonds is 3. The van der Waals surface area contributed by atoms with E-state index in [-0.39, 0.29) is 23.3 Å². The molecular weight excluding hydrogens is 316 g/mol. The molecule has 0 aromatic heterocycles. The molecule has 1 fully saturated rings. The van der Waals surface area contributed by atoms with Gasteiger partial charge in [0.25, 0.3) is 0 Å². The zero-order valence-corrected chi connectivity index (χ0v) is 12.9. The average molecular weight is 331 g/mol. The van der Waals surface area contributed by atoms with Gasteiger partial charge >= 0.3 is 0 Å². The lowest BCUT2D eigenvalue weighted by atomic mass is 10.1. The number of hydrogen-bond acceptors (Lipinski definition) is 4. The molecule has 1 heterocycles. The van der Waals surface area contributed by atoms with Crippen molar-refractivity contribution in [2.45, 2.75) is 13.3 Å². The Morgan fingerprint density at radius 2 is 2.00 bits per heavy atom. The highest BCUT2D eigenvalue weighted by Crippen LogP contribution is 2.26. The van der Waals surface area contributed by atoms with E-state index in [1.54, 1.807) is 12.1 Å². The molecule has 6 nitrogen and oxygen atoms in total. The SMILES string of the molecule is CC(=O)Nc1ccc(NC(=O)[C@H]2CCS(=O)(=O)C2)cc1Cl. The molecule has 1 atom stereocenters. The first-order chi connectivity index (χ1) is 9.77. The first-order valence-corrected chi connectivity index (χ1v) is 8.55. The molecule has 2 amide bonds. The van der Waals surface area contributed by atoms with Crippen LogP contribution < -0.4 is 10.6 Å². The first-order valence-electron chi connectivity index (χ1n) is 6.35. The molecule has 0 unspecified atom stereocenters. The molecule has 8 heteroatoms. The van der Waals surface area contributed by atoms with Crippen LogP contribution in [0, 0.1) is 5.92 Å². The Hall–Kier alpha value is -1.60. The molecule has 0 bridgehead atoms. The minimum absolute atomic E-state index is 0.0489. The van der Waals surface area contributed by atoms with Crippen LogP contribution in [0.15, 0.2) is 18.2 Å². The van der Waals surface area contributed by atoms with Crippen LogP contribution in [-0.2, 0) is 19.4 Å². The zero-order valence-electron chi connectivity index (χ0n) is 11.3. The highest BCUT2D eigenvalue weighted by Gasteiger charge is 2.32. The molecule has 1 aromatic rings. The second-order valence-corrected chi connectivity index (χ2v) is 7.60. The van der Waals surface area contributed by atoms with E-state index in [4.69, 9.17) is 11.6 Å². The Morgan fingerprint density at radius 3 is 2.52 bits per heavy atom. The van der Waals surface area contributed by atoms with Gasteiger partial charge in [-0.05, 0) is 24.6 Å². The van der Waals surface area contributed by atoms with Crippen LogP contribution in [0.2, 0.25) is 5.02 Å². The molecule has 0 radical (unpaired) electrons. The third-order valence-corrected chi connectivity index (χ3v) is 5.23. The van der Waals surface area contributed by atoms with E-state index >= 15 is 0 Å². The summed E-state index contributed by atoms with van der Waals surface area (Å²) in [5.41, 5.74) is 0.911. The van der Waals surface area contributed by atoms with Gasteiger partial charge in [0.15, 0.2) is 9.84 Å². The zero-order chi connectivity index (χ0) is 15.6. The maximum atomic E-state index is 12.0. The quantitative estimate of drug-likeness (QED) is 0.881. The molecule has 0 spiro atoms. The van der Waals surface area contributed by atoms with Gasteiger partial charge in [0.1, 0.15) is 0 Å². The van der Waals surface area contributed by atoms with Crippen LogP contribution in [0.5, 0.6) is 0 Å². The monoisotopic (exact) mass is 330 g/mol. The van der Waals surface area contributed by atoms with Crippen LogP contribution in [0.4, 0.5) is 11.4 Å². The van der Waals surface area contributed by atoms with Crippen molar-refractivity contribution in [1.82, 2.24) is 0 Å². The average Bonchev–Trinajstić information content (AvgIpc) is 2.73. The Bertz CT molecular complexity index is 687. The summed E-state index contributed by atoms with van der Waals surface area (Å²) in [6, 6.07) is 4.68. The Labute approximate surface area is 127 Å². The minimum atomic E-state index is -3.10. The van der Waals surface area contributed by atoms with E-state index in [0.29, 0.717) is 22.8 Å². The van der Waals surface area contributed by atoms with Gasteiger partial charge in [-0.3, -0.25) is 9.59 Å². The van der Waals surface area contributed by atoms with E-state index in [1.165, 1.54) is 13.0 Å². The molecule has 1 aliphatic heterocycles. The summed E-state index contributed by atoms with van der Waals surface area (Å²) in [6.07, 6.45) is 0.339. The van der Waals surface area contributed by atoms with Crippen LogP contribution in [0.1, 0.15) is 13.3 Å². The van der Waals surface area contributed by atoms with Crippen molar-refractivity contribution in [3.8, 4) is 0 Å². The number of nitrogens with one attached hydrogen (secondary N) is 2. The summed E-state index contributed by atoms with van der Waals surface area (Å²) >= 11 is 6.00. The standard InChI is InChI=1S/C13H15ClN2O4S/c1-8(17)15-12-3-2-10(6-11(12)14)16-13(18)9-4-5-21(19,20)7-9/h2-3,6,9H,4-5,7H2,1H3,(H,15,17)(H,16,18)/t9-/m0/s1. The van der Waals surface area contributed by atoms with Gasteiger partial charge in [-0.1, -0.05) is 11.6 Å². The Kier molecular flexibility index (Phi) is 4.53. The number of hydrogen-bond donors (Lipinski definition) is 2. The molecular formula is C13H15ClN2O4S. The van der Waals surface area contributed by atoms with E-state index < -0.39 is 15.8 Å². The molecule has 0 aliphatic carbocycles. The van der Waals surface area contributed by atoms with Crippen molar-refractivity contribution in [3.63, 3.8) is 0 Å². The molecule has 1 aliphatic rings. The fourth-order valence-electron chi connectivity index (χ4n) is 2.13. The number of carbonyl (C=O) groups excluding carboxylic acids is 2. The third-order valence-electron chi connectivity index (χ3n) is 3.15. The predicted octanol–water partition coefficient (Wildman–Crippen LogP) is 1.67. The first kappa shape index (κ1) is 15.8. The maximum Gasteiger partial charge on any atom is 0.228 e. The summed E-state index contributed by atoms with van der Waals surface area (Å²) in [5, 5.41) is 5.49. The van der Waals surface area contributed by atoms with Crippen molar-refractivity contribution < 1.29 is 18.0 Å². The third kappa shape index (κ3) is 4.18. The topological polar surface area (TPSA) is 92.3 Å². The summed E-state index contributed by atoms with van der Waals surface area (Å²) in [7, 11) is -3.10. The van der Waals surface area contributed by atoms with Gasteiger partial charge in [-0.15, -0.1) is 0 Å². The van der Waals surface area contributed by atoms with Crippen LogP contribution >= 0.6 is 11.6 Å². The number of anilines is 2. The normalized spacial score (nSPS) is 20.0. The highest BCUT2D eigenvalue weighted by molar-refractivity contribution is 7.91. The van der Waals surface area contributed by atoms with E-state index in [9.17, 15) is 18.0 Å². The van der Waals surface area contributed by atoms with Crippen molar-refractivity contribution in [2.75, 3.05) is 22.1 Å². The van der Waals surface area contributed by atoms with Crippen molar-refractivity contribution in [3.05, 3.63) is 23.2 Å². The van der Waals surface area contributed by atoms with Gasteiger partial charge in [-0.25, -0.2) is 8.42 Å². The predicted molar refractivity (Wildman–Crippen MR) is 81.1 cm³/mol. The number of carbonyl (C=O) groups is 2. The lowest BCUT2D eigenvalue weighted by Crippen LogP contribution is -2.23. The second kappa shape index (κ2) is 6.03. The smallest absolute Gasteiger partial charge is 0.228 e. The van der Waals surface area contributed by atoms with Crippen molar-refractivity contribution in [1.29, 1.82) is 0 Å². The maximum absolute atomic E-state index is 12.0. The highest BCUT2D eigenvalue weighted by atomic mass is 35.5. The van der Waals surface area contributed by atoms with Crippen molar-refractivity contribution in [2.24, 2.45) is 5.92 Å². The number of halogens is 1. The molecule has 0 saturated carbocycles. The van der Waals surface area contributed by atoms with Gasteiger partial charge in [0.2, 0.25) is 11.8 Å². The fraction of sp³-hybridized carbons (Fsp3) is 0.385. The Balaban J connectivity index is 2.05. The molecule has 1 aromatic carbocycles. The number of amides is 2. The molecule has 21 heavy (non-hydrogen) atoms.